The van der Waals surface area contributed by atoms with Gasteiger partial charge in [0.25, 0.3) is 0 Å². The number of ether oxygens (including phenoxy) is 2. The quantitative estimate of drug-likeness (QED) is 0.332. The number of anilines is 1. The predicted molar refractivity (Wildman–Crippen MR) is 129 cm³/mol. The van der Waals surface area contributed by atoms with Crippen molar-refractivity contribution in [3.05, 3.63) is 83.2 Å². The third kappa shape index (κ3) is 4.36. The standard InChI is InChI=1S/C27H24F3N3O3/c1-16-17(14-31-19-10-11-20-18(12-25(34)35-2)15-36-24(20)13-19)6-5-9-22(16)33-23-8-4-3-7-21(23)32-26(33)27(28,29)30/h3-11,13,18,31H,12,14-15H2,1-2H3/t18-/m1/s1. The van der Waals surface area contributed by atoms with Crippen molar-refractivity contribution >= 4 is 22.7 Å². The zero-order chi connectivity index (χ0) is 25.4. The molecule has 6 nitrogen and oxygen atoms in total. The number of fused-ring (bicyclic) bond motifs is 2. The first-order valence-corrected chi connectivity index (χ1v) is 11.5. The van der Waals surface area contributed by atoms with Crippen molar-refractivity contribution in [2.45, 2.75) is 32.0 Å². The SMILES string of the molecule is COC(=O)C[C@@H]1COc2cc(NCc3cccc(-n4c(C(F)(F)F)nc5ccccc54)c3C)ccc21. The number of benzene rings is 3. The van der Waals surface area contributed by atoms with Gasteiger partial charge in [0.05, 0.1) is 36.9 Å². The first-order valence-electron chi connectivity index (χ1n) is 11.5. The number of methoxy groups -OCH3 is 1. The maximum atomic E-state index is 13.9. The smallest absolute Gasteiger partial charge is 0.450 e. The molecule has 2 heterocycles. The average Bonchev–Trinajstić information content (AvgIpc) is 3.44. The van der Waals surface area contributed by atoms with Gasteiger partial charge in [-0.3, -0.25) is 9.36 Å². The minimum absolute atomic E-state index is 0.0479. The normalized spacial score (nSPS) is 15.0. The van der Waals surface area contributed by atoms with E-state index in [1.165, 1.54) is 11.7 Å². The molecule has 9 heteroatoms. The average molecular weight is 496 g/mol. The molecule has 3 aromatic carbocycles. The van der Waals surface area contributed by atoms with Crippen LogP contribution in [0.3, 0.4) is 0 Å². The Labute approximate surface area is 205 Å². The number of imidazole rings is 1. The van der Waals surface area contributed by atoms with Crippen LogP contribution in [0.4, 0.5) is 18.9 Å². The van der Waals surface area contributed by atoms with Gasteiger partial charge in [0.1, 0.15) is 5.75 Å². The number of alkyl halides is 3. The van der Waals surface area contributed by atoms with E-state index in [0.717, 1.165) is 16.8 Å². The molecule has 1 atom stereocenters. The van der Waals surface area contributed by atoms with Crippen molar-refractivity contribution in [2.24, 2.45) is 0 Å². The molecule has 0 radical (unpaired) electrons. The Kier molecular flexibility index (Phi) is 6.07. The Balaban J connectivity index is 1.41. The lowest BCUT2D eigenvalue weighted by Gasteiger charge is -2.17. The Morgan fingerprint density at radius 3 is 2.75 bits per heavy atom. The lowest BCUT2D eigenvalue weighted by molar-refractivity contribution is -0.145. The van der Waals surface area contributed by atoms with Crippen LogP contribution in [0.25, 0.3) is 16.7 Å². The second-order valence-corrected chi connectivity index (χ2v) is 8.71. The summed E-state index contributed by atoms with van der Waals surface area (Å²) in [6, 6.07) is 17.6. The van der Waals surface area contributed by atoms with Crippen LogP contribution in [0.15, 0.2) is 60.7 Å². The Hall–Kier alpha value is -4.01. The minimum Gasteiger partial charge on any atom is -0.493 e. The van der Waals surface area contributed by atoms with E-state index in [4.69, 9.17) is 9.47 Å². The van der Waals surface area contributed by atoms with Gasteiger partial charge >= 0.3 is 12.1 Å². The van der Waals surface area contributed by atoms with Crippen molar-refractivity contribution in [3.8, 4) is 11.4 Å². The van der Waals surface area contributed by atoms with Crippen LogP contribution in [0.2, 0.25) is 0 Å². The summed E-state index contributed by atoms with van der Waals surface area (Å²) in [4.78, 5) is 15.5. The van der Waals surface area contributed by atoms with E-state index >= 15 is 0 Å². The predicted octanol–water partition coefficient (Wildman–Crippen LogP) is 6.00. The topological polar surface area (TPSA) is 65.4 Å². The number of esters is 1. The number of rotatable bonds is 6. The highest BCUT2D eigenvalue weighted by atomic mass is 19.4. The zero-order valence-corrected chi connectivity index (χ0v) is 19.7. The third-order valence-corrected chi connectivity index (χ3v) is 6.49. The van der Waals surface area contributed by atoms with E-state index < -0.39 is 12.0 Å². The van der Waals surface area contributed by atoms with Gasteiger partial charge in [-0.25, -0.2) is 4.98 Å². The van der Waals surface area contributed by atoms with Crippen molar-refractivity contribution in [3.63, 3.8) is 0 Å². The van der Waals surface area contributed by atoms with Gasteiger partial charge in [-0.05, 0) is 42.3 Å². The molecule has 1 aromatic heterocycles. The Morgan fingerprint density at radius 1 is 1.17 bits per heavy atom. The van der Waals surface area contributed by atoms with E-state index in [9.17, 15) is 18.0 Å². The first-order chi connectivity index (χ1) is 17.3. The molecule has 0 saturated carbocycles. The molecular formula is C27H24F3N3O3. The van der Waals surface area contributed by atoms with Crippen molar-refractivity contribution in [1.82, 2.24) is 9.55 Å². The van der Waals surface area contributed by atoms with E-state index in [1.54, 1.807) is 36.4 Å². The summed E-state index contributed by atoms with van der Waals surface area (Å²) >= 11 is 0. The minimum atomic E-state index is -4.60. The highest BCUT2D eigenvalue weighted by Gasteiger charge is 2.38. The van der Waals surface area contributed by atoms with Crippen LogP contribution in [0.5, 0.6) is 5.75 Å². The number of nitrogens with zero attached hydrogens (tertiary/aromatic N) is 2. The van der Waals surface area contributed by atoms with E-state index in [0.29, 0.717) is 35.7 Å². The van der Waals surface area contributed by atoms with Crippen LogP contribution >= 0.6 is 0 Å². The van der Waals surface area contributed by atoms with Gasteiger partial charge in [0.2, 0.25) is 5.82 Å². The van der Waals surface area contributed by atoms with Crippen LogP contribution in [0, 0.1) is 6.92 Å². The highest BCUT2D eigenvalue weighted by molar-refractivity contribution is 5.79. The lowest BCUT2D eigenvalue weighted by Crippen LogP contribution is -2.15. The Morgan fingerprint density at radius 2 is 1.97 bits per heavy atom. The lowest BCUT2D eigenvalue weighted by atomic mass is 9.97. The summed E-state index contributed by atoms with van der Waals surface area (Å²) < 4.78 is 53.3. The van der Waals surface area contributed by atoms with Gasteiger partial charge < -0.3 is 14.8 Å². The molecule has 1 aliphatic heterocycles. The molecule has 0 fully saturated rings. The van der Waals surface area contributed by atoms with E-state index in [1.807, 2.05) is 31.2 Å². The molecule has 5 rings (SSSR count). The van der Waals surface area contributed by atoms with Crippen LogP contribution in [-0.2, 0) is 22.3 Å². The summed E-state index contributed by atoms with van der Waals surface area (Å²) in [6.45, 7) is 2.62. The second kappa shape index (κ2) is 9.22. The molecule has 4 aromatic rings. The van der Waals surface area contributed by atoms with E-state index in [-0.39, 0.29) is 23.8 Å². The highest BCUT2D eigenvalue weighted by Crippen LogP contribution is 2.38. The van der Waals surface area contributed by atoms with Crippen LogP contribution < -0.4 is 10.1 Å². The fourth-order valence-electron chi connectivity index (χ4n) is 4.60. The number of carbonyl (C=O) groups is 1. The van der Waals surface area contributed by atoms with Gasteiger partial charge in [-0.1, -0.05) is 30.3 Å². The van der Waals surface area contributed by atoms with Crippen LogP contribution in [0.1, 0.15) is 34.9 Å². The molecule has 0 amide bonds. The number of hydrogen-bond donors (Lipinski definition) is 1. The molecule has 0 saturated heterocycles. The zero-order valence-electron chi connectivity index (χ0n) is 19.7. The summed E-state index contributed by atoms with van der Waals surface area (Å²) in [5.41, 5.74) is 4.44. The number of nitrogens with one attached hydrogen (secondary N) is 1. The number of halogens is 3. The molecule has 36 heavy (non-hydrogen) atoms. The largest absolute Gasteiger partial charge is 0.493 e. The second-order valence-electron chi connectivity index (χ2n) is 8.71. The fraction of sp³-hybridized carbons (Fsp3) is 0.259. The summed E-state index contributed by atoms with van der Waals surface area (Å²) in [6.07, 6.45) is -4.35. The van der Waals surface area contributed by atoms with Crippen molar-refractivity contribution in [1.29, 1.82) is 0 Å². The molecule has 0 unspecified atom stereocenters. The van der Waals surface area contributed by atoms with Gasteiger partial charge in [-0.15, -0.1) is 0 Å². The van der Waals surface area contributed by atoms with Crippen molar-refractivity contribution in [2.75, 3.05) is 19.0 Å². The third-order valence-electron chi connectivity index (χ3n) is 6.49. The maximum absolute atomic E-state index is 13.9. The molecule has 1 aliphatic rings. The molecule has 186 valence electrons. The van der Waals surface area contributed by atoms with Gasteiger partial charge in [0.15, 0.2) is 0 Å². The first kappa shape index (κ1) is 23.7. The maximum Gasteiger partial charge on any atom is 0.450 e. The molecule has 1 N–H and O–H groups in total. The molecular weight excluding hydrogens is 471 g/mol. The Bertz CT molecular complexity index is 1450. The molecule has 0 aliphatic carbocycles. The molecule has 0 spiro atoms. The summed E-state index contributed by atoms with van der Waals surface area (Å²) in [5.74, 6) is -0.574. The van der Waals surface area contributed by atoms with E-state index in [2.05, 4.69) is 10.3 Å². The summed E-state index contributed by atoms with van der Waals surface area (Å²) in [7, 11) is 1.36. The van der Waals surface area contributed by atoms with Gasteiger partial charge in [-0.2, -0.15) is 13.2 Å². The van der Waals surface area contributed by atoms with Crippen LogP contribution in [-0.4, -0.2) is 29.2 Å². The monoisotopic (exact) mass is 495 g/mol. The molecule has 0 bridgehead atoms. The number of carbonyl (C=O) groups excluding carboxylic acids is 1. The van der Waals surface area contributed by atoms with Crippen molar-refractivity contribution < 1.29 is 27.4 Å². The number of para-hydroxylation sites is 2. The number of hydrogen-bond acceptors (Lipinski definition) is 5. The number of aromatic nitrogens is 2. The van der Waals surface area contributed by atoms with Gasteiger partial charge in [0, 0.05) is 29.8 Å². The summed E-state index contributed by atoms with van der Waals surface area (Å²) in [5, 5.41) is 3.33. The fourth-order valence-corrected chi connectivity index (χ4v) is 4.60.